The lowest BCUT2D eigenvalue weighted by atomic mass is 10.2. The van der Waals surface area contributed by atoms with E-state index in [4.69, 9.17) is 9.47 Å². The summed E-state index contributed by atoms with van der Waals surface area (Å²) >= 11 is 0. The second-order valence-electron chi connectivity index (χ2n) is 5.42. The Morgan fingerprint density at radius 1 is 1.08 bits per heavy atom. The van der Waals surface area contributed by atoms with Crippen molar-refractivity contribution < 1.29 is 22.7 Å². The molecule has 0 unspecified atom stereocenters. The molecule has 0 atom stereocenters. The molecule has 0 spiro atoms. The predicted octanol–water partition coefficient (Wildman–Crippen LogP) is 1.55. The molecule has 2 aromatic carbocycles. The number of sulfonamides is 1. The molecule has 0 fully saturated rings. The predicted molar refractivity (Wildman–Crippen MR) is 97.7 cm³/mol. The molecule has 8 heteroatoms. The van der Waals surface area contributed by atoms with Crippen molar-refractivity contribution in [3.8, 4) is 5.75 Å². The van der Waals surface area contributed by atoms with Crippen molar-refractivity contribution in [1.82, 2.24) is 10.0 Å². The quantitative estimate of drug-likeness (QED) is 0.646. The van der Waals surface area contributed by atoms with E-state index in [-0.39, 0.29) is 28.7 Å². The van der Waals surface area contributed by atoms with Crippen LogP contribution in [0.1, 0.15) is 15.9 Å². The third-order valence-electron chi connectivity index (χ3n) is 3.62. The Morgan fingerprint density at radius 2 is 1.81 bits per heavy atom. The first-order valence-electron chi connectivity index (χ1n) is 7.96. The maximum Gasteiger partial charge on any atom is 0.251 e. The van der Waals surface area contributed by atoms with Crippen LogP contribution in [0.3, 0.4) is 0 Å². The Kier molecular flexibility index (Phi) is 7.14. The third kappa shape index (κ3) is 5.29. The van der Waals surface area contributed by atoms with Gasteiger partial charge in [-0.2, -0.15) is 0 Å². The van der Waals surface area contributed by atoms with Gasteiger partial charge in [-0.25, -0.2) is 13.1 Å². The number of hydrogen-bond donors (Lipinski definition) is 2. The summed E-state index contributed by atoms with van der Waals surface area (Å²) in [4.78, 5) is 12.1. The molecule has 0 aliphatic rings. The van der Waals surface area contributed by atoms with Crippen LogP contribution < -0.4 is 14.8 Å². The van der Waals surface area contributed by atoms with E-state index in [0.717, 1.165) is 5.56 Å². The average molecular weight is 378 g/mol. The van der Waals surface area contributed by atoms with Gasteiger partial charge in [0.2, 0.25) is 10.0 Å². The maximum atomic E-state index is 12.7. The van der Waals surface area contributed by atoms with E-state index in [1.54, 1.807) is 0 Å². The van der Waals surface area contributed by atoms with Crippen molar-refractivity contribution in [2.45, 2.75) is 11.4 Å². The number of amides is 1. The Balaban J connectivity index is 2.22. The zero-order valence-electron chi connectivity index (χ0n) is 14.7. The number of ether oxygens (including phenoxy) is 2. The van der Waals surface area contributed by atoms with Gasteiger partial charge in [0, 0.05) is 25.8 Å². The molecule has 1 amide bonds. The number of hydrogen-bond acceptors (Lipinski definition) is 5. The summed E-state index contributed by atoms with van der Waals surface area (Å²) in [6.45, 7) is 0.831. The van der Waals surface area contributed by atoms with Gasteiger partial charge in [0.15, 0.2) is 0 Å². The minimum Gasteiger partial charge on any atom is -0.495 e. The molecule has 2 aromatic rings. The fraction of sp³-hybridized carbons (Fsp3) is 0.278. The van der Waals surface area contributed by atoms with Crippen molar-refractivity contribution >= 4 is 15.9 Å². The highest BCUT2D eigenvalue weighted by Crippen LogP contribution is 2.25. The molecule has 26 heavy (non-hydrogen) atoms. The SMILES string of the molecule is COCCNC(=O)c1ccc(OC)c(S(=O)(=O)NCc2ccccc2)c1. The molecule has 140 valence electrons. The number of carbonyl (C=O) groups excluding carboxylic acids is 1. The monoisotopic (exact) mass is 378 g/mol. The first-order valence-corrected chi connectivity index (χ1v) is 9.45. The van der Waals surface area contributed by atoms with Gasteiger partial charge in [-0.15, -0.1) is 0 Å². The van der Waals surface area contributed by atoms with Gasteiger partial charge in [0.25, 0.3) is 5.91 Å². The van der Waals surface area contributed by atoms with Crippen LogP contribution in [0.2, 0.25) is 0 Å². The van der Waals surface area contributed by atoms with Crippen molar-refractivity contribution in [2.24, 2.45) is 0 Å². The highest BCUT2D eigenvalue weighted by atomic mass is 32.2. The molecule has 7 nitrogen and oxygen atoms in total. The molecule has 2 N–H and O–H groups in total. The number of carbonyl (C=O) groups is 1. The molecule has 0 saturated heterocycles. The summed E-state index contributed by atoms with van der Waals surface area (Å²) < 4.78 is 37.9. The van der Waals surface area contributed by atoms with Crippen molar-refractivity contribution in [3.63, 3.8) is 0 Å². The van der Waals surface area contributed by atoms with Crippen LogP contribution >= 0.6 is 0 Å². The standard InChI is InChI=1S/C18H22N2O5S/c1-24-11-10-19-18(21)15-8-9-16(25-2)17(12-15)26(22,23)20-13-14-6-4-3-5-7-14/h3-9,12,20H,10-11,13H2,1-2H3,(H,19,21). The lowest BCUT2D eigenvalue weighted by Crippen LogP contribution is -2.28. The first kappa shape index (κ1) is 19.9. The average Bonchev–Trinajstić information content (AvgIpc) is 2.67. The lowest BCUT2D eigenvalue weighted by Gasteiger charge is -2.13. The summed E-state index contributed by atoms with van der Waals surface area (Å²) in [5.41, 5.74) is 1.05. The van der Waals surface area contributed by atoms with Crippen LogP contribution in [0.25, 0.3) is 0 Å². The highest BCUT2D eigenvalue weighted by molar-refractivity contribution is 7.89. The maximum absolute atomic E-state index is 12.7. The van der Waals surface area contributed by atoms with Gasteiger partial charge in [-0.05, 0) is 23.8 Å². The van der Waals surface area contributed by atoms with Gasteiger partial charge in [0.05, 0.1) is 13.7 Å². The van der Waals surface area contributed by atoms with E-state index in [1.807, 2.05) is 30.3 Å². The smallest absolute Gasteiger partial charge is 0.251 e. The van der Waals surface area contributed by atoms with E-state index >= 15 is 0 Å². The van der Waals surface area contributed by atoms with Crippen LogP contribution in [-0.4, -0.2) is 41.7 Å². The fourth-order valence-electron chi connectivity index (χ4n) is 2.25. The lowest BCUT2D eigenvalue weighted by molar-refractivity contribution is 0.0937. The second-order valence-corrected chi connectivity index (χ2v) is 7.16. The molecule has 0 aromatic heterocycles. The molecular weight excluding hydrogens is 356 g/mol. The van der Waals surface area contributed by atoms with Gasteiger partial charge in [0.1, 0.15) is 10.6 Å². The van der Waals surface area contributed by atoms with Gasteiger partial charge < -0.3 is 14.8 Å². The Bertz CT molecular complexity index is 838. The molecule has 0 aliphatic carbocycles. The first-order chi connectivity index (χ1) is 12.5. The minimum atomic E-state index is -3.86. The molecule has 2 rings (SSSR count). The molecular formula is C18H22N2O5S. The largest absolute Gasteiger partial charge is 0.495 e. The highest BCUT2D eigenvalue weighted by Gasteiger charge is 2.21. The fourth-order valence-corrected chi connectivity index (χ4v) is 3.46. The molecule has 0 saturated carbocycles. The van der Waals surface area contributed by atoms with Crippen LogP contribution in [0, 0.1) is 0 Å². The molecule has 0 bridgehead atoms. The number of rotatable bonds is 9. The van der Waals surface area contributed by atoms with Crippen LogP contribution in [0.15, 0.2) is 53.4 Å². The topological polar surface area (TPSA) is 93.7 Å². The van der Waals surface area contributed by atoms with Crippen LogP contribution in [0.4, 0.5) is 0 Å². The normalized spacial score (nSPS) is 11.2. The van der Waals surface area contributed by atoms with E-state index in [0.29, 0.717) is 13.2 Å². The second kappa shape index (κ2) is 9.33. The summed E-state index contributed by atoms with van der Waals surface area (Å²) in [6.07, 6.45) is 0. The molecule has 0 heterocycles. The van der Waals surface area contributed by atoms with E-state index in [2.05, 4.69) is 10.0 Å². The summed E-state index contributed by atoms with van der Waals surface area (Å²) in [6, 6.07) is 13.4. The van der Waals surface area contributed by atoms with Crippen LogP contribution in [-0.2, 0) is 21.3 Å². The Hall–Kier alpha value is -2.42. The molecule has 0 radical (unpaired) electrons. The van der Waals surface area contributed by atoms with E-state index in [1.165, 1.54) is 32.4 Å². The van der Waals surface area contributed by atoms with Gasteiger partial charge in [-0.3, -0.25) is 4.79 Å². The summed E-state index contributed by atoms with van der Waals surface area (Å²) in [5.74, 6) is -0.219. The van der Waals surface area contributed by atoms with Crippen molar-refractivity contribution in [2.75, 3.05) is 27.4 Å². The summed E-state index contributed by atoms with van der Waals surface area (Å²) in [7, 11) is -0.953. The number of nitrogens with one attached hydrogen (secondary N) is 2. The van der Waals surface area contributed by atoms with Gasteiger partial charge >= 0.3 is 0 Å². The summed E-state index contributed by atoms with van der Waals surface area (Å²) in [5, 5.41) is 2.65. The Labute approximate surface area is 153 Å². The van der Waals surface area contributed by atoms with Crippen LogP contribution in [0.5, 0.6) is 5.75 Å². The van der Waals surface area contributed by atoms with Gasteiger partial charge in [-0.1, -0.05) is 30.3 Å². The molecule has 0 aliphatic heterocycles. The van der Waals surface area contributed by atoms with Crippen molar-refractivity contribution in [1.29, 1.82) is 0 Å². The zero-order chi connectivity index (χ0) is 19.0. The van der Waals surface area contributed by atoms with Crippen molar-refractivity contribution in [3.05, 3.63) is 59.7 Å². The zero-order valence-corrected chi connectivity index (χ0v) is 15.5. The van der Waals surface area contributed by atoms with E-state index in [9.17, 15) is 13.2 Å². The number of methoxy groups -OCH3 is 2. The number of benzene rings is 2. The third-order valence-corrected chi connectivity index (χ3v) is 5.04. The minimum absolute atomic E-state index is 0.0877. The Morgan fingerprint density at radius 3 is 2.46 bits per heavy atom. The van der Waals surface area contributed by atoms with E-state index < -0.39 is 10.0 Å².